The Balaban J connectivity index is 1.39. The molecule has 3 rings (SSSR count). The highest BCUT2D eigenvalue weighted by Gasteiger charge is 2.29. The van der Waals surface area contributed by atoms with Crippen LogP contribution in [0.3, 0.4) is 0 Å². The highest BCUT2D eigenvalue weighted by atomic mass is 32.2. The van der Waals surface area contributed by atoms with Gasteiger partial charge in [0.05, 0.1) is 11.3 Å². The first-order chi connectivity index (χ1) is 11.6. The molecule has 2 aromatic rings. The first kappa shape index (κ1) is 17.3. The van der Waals surface area contributed by atoms with Crippen LogP contribution in [0.1, 0.15) is 31.4 Å². The molecule has 0 radical (unpaired) electrons. The summed E-state index contributed by atoms with van der Waals surface area (Å²) in [6, 6.07) is 8.84. The molecule has 1 N–H and O–H groups in total. The van der Waals surface area contributed by atoms with Gasteiger partial charge in [0.15, 0.2) is 0 Å². The van der Waals surface area contributed by atoms with Gasteiger partial charge in [-0.1, -0.05) is 29.5 Å². The van der Waals surface area contributed by atoms with Crippen molar-refractivity contribution in [1.29, 1.82) is 0 Å². The van der Waals surface area contributed by atoms with Crippen LogP contribution < -0.4 is 5.32 Å². The molecule has 1 amide bonds. The second-order valence-electron chi connectivity index (χ2n) is 5.85. The quantitative estimate of drug-likeness (QED) is 0.574. The average molecular weight is 364 g/mol. The minimum Gasteiger partial charge on any atom is -0.354 e. The summed E-state index contributed by atoms with van der Waals surface area (Å²) in [5, 5.41) is 15.2. The van der Waals surface area contributed by atoms with Gasteiger partial charge in [-0.15, -0.1) is 16.9 Å². The Morgan fingerprint density at radius 3 is 2.83 bits per heavy atom. The number of nitrogens with zero attached hydrogens (tertiary/aromatic N) is 4. The smallest absolute Gasteiger partial charge is 0.233 e. The van der Waals surface area contributed by atoms with Crippen molar-refractivity contribution in [2.75, 3.05) is 12.3 Å². The number of aromatic nitrogens is 4. The lowest BCUT2D eigenvalue weighted by atomic mass is 10.2. The van der Waals surface area contributed by atoms with Gasteiger partial charge in [0.25, 0.3) is 0 Å². The fourth-order valence-electron chi connectivity index (χ4n) is 2.14. The predicted octanol–water partition coefficient (Wildman–Crippen LogP) is 2.71. The number of amides is 1. The molecule has 1 saturated carbocycles. The summed E-state index contributed by atoms with van der Waals surface area (Å²) in [4.78, 5) is 13.4. The molecule has 1 aliphatic carbocycles. The number of hydrogen-bond donors (Lipinski definition) is 1. The van der Waals surface area contributed by atoms with E-state index in [9.17, 15) is 4.79 Å². The van der Waals surface area contributed by atoms with E-state index >= 15 is 0 Å². The minimum atomic E-state index is -0.210. The Labute approximate surface area is 150 Å². The van der Waals surface area contributed by atoms with E-state index in [4.69, 9.17) is 0 Å². The Bertz CT molecular complexity index is 684. The Morgan fingerprint density at radius 1 is 1.38 bits per heavy atom. The maximum absolute atomic E-state index is 12.2. The van der Waals surface area contributed by atoms with E-state index in [0.29, 0.717) is 12.6 Å². The molecule has 0 saturated heterocycles. The standard InChI is InChI=1S/C16H21N5OS2/c1-11-3-7-14(8-4-11)23-10-9-17-15(22)12(2)24-16-18-19-20-21(16)13-5-6-13/h3-4,7-8,12-13H,5-6,9-10H2,1-2H3,(H,17,22). The number of carbonyl (C=O) groups excluding carboxylic acids is 1. The van der Waals surface area contributed by atoms with Crippen LogP contribution in [0, 0.1) is 6.92 Å². The number of nitrogens with one attached hydrogen (secondary N) is 1. The average Bonchev–Trinajstić information content (AvgIpc) is 3.32. The first-order valence-corrected chi connectivity index (χ1v) is 9.91. The van der Waals surface area contributed by atoms with E-state index in [1.165, 1.54) is 22.2 Å². The number of carbonyl (C=O) groups is 1. The molecule has 1 aliphatic rings. The molecule has 1 aromatic carbocycles. The Hall–Kier alpha value is -1.54. The zero-order valence-corrected chi connectivity index (χ0v) is 15.4. The molecule has 0 spiro atoms. The van der Waals surface area contributed by atoms with Crippen LogP contribution in [0.2, 0.25) is 0 Å². The van der Waals surface area contributed by atoms with Gasteiger partial charge in [0, 0.05) is 17.2 Å². The highest BCUT2D eigenvalue weighted by Crippen LogP contribution is 2.37. The summed E-state index contributed by atoms with van der Waals surface area (Å²) in [6.45, 7) is 4.61. The number of hydrogen-bond acceptors (Lipinski definition) is 6. The molecule has 1 fully saturated rings. The summed E-state index contributed by atoms with van der Waals surface area (Å²) < 4.78 is 1.84. The molecular formula is C16H21N5OS2. The van der Waals surface area contributed by atoms with Crippen LogP contribution in [-0.4, -0.2) is 43.7 Å². The van der Waals surface area contributed by atoms with Crippen molar-refractivity contribution in [3.05, 3.63) is 29.8 Å². The number of aryl methyl sites for hydroxylation is 1. The van der Waals surface area contributed by atoms with E-state index in [0.717, 1.165) is 23.8 Å². The van der Waals surface area contributed by atoms with Gasteiger partial charge in [0.2, 0.25) is 11.1 Å². The Kier molecular flexibility index (Phi) is 5.78. The lowest BCUT2D eigenvalue weighted by Crippen LogP contribution is -2.32. The molecular weight excluding hydrogens is 342 g/mol. The van der Waals surface area contributed by atoms with Gasteiger partial charge < -0.3 is 5.32 Å². The van der Waals surface area contributed by atoms with Crippen molar-refractivity contribution in [2.24, 2.45) is 0 Å². The molecule has 0 bridgehead atoms. The van der Waals surface area contributed by atoms with Gasteiger partial charge in [-0.2, -0.15) is 0 Å². The number of rotatable bonds is 8. The van der Waals surface area contributed by atoms with E-state index in [2.05, 4.69) is 52.0 Å². The Morgan fingerprint density at radius 2 is 2.12 bits per heavy atom. The topological polar surface area (TPSA) is 72.7 Å². The molecule has 24 heavy (non-hydrogen) atoms. The zero-order valence-electron chi connectivity index (χ0n) is 13.8. The fraction of sp³-hybridized carbons (Fsp3) is 0.500. The van der Waals surface area contributed by atoms with E-state index in [1.54, 1.807) is 11.8 Å². The van der Waals surface area contributed by atoms with Crippen LogP contribution in [0.5, 0.6) is 0 Å². The van der Waals surface area contributed by atoms with Crippen LogP contribution >= 0.6 is 23.5 Å². The van der Waals surface area contributed by atoms with Crippen LogP contribution in [-0.2, 0) is 4.79 Å². The van der Waals surface area contributed by atoms with Crippen LogP contribution in [0.4, 0.5) is 0 Å². The molecule has 6 nitrogen and oxygen atoms in total. The van der Waals surface area contributed by atoms with Gasteiger partial charge in [0.1, 0.15) is 0 Å². The molecule has 128 valence electrons. The molecule has 1 atom stereocenters. The lowest BCUT2D eigenvalue weighted by molar-refractivity contribution is -0.120. The van der Waals surface area contributed by atoms with Gasteiger partial charge in [-0.05, 0) is 49.2 Å². The summed E-state index contributed by atoms with van der Waals surface area (Å²) in [6.07, 6.45) is 2.24. The number of thioether (sulfide) groups is 2. The van der Waals surface area contributed by atoms with Crippen molar-refractivity contribution in [3.8, 4) is 0 Å². The van der Waals surface area contributed by atoms with E-state index in [1.807, 2.05) is 11.6 Å². The summed E-state index contributed by atoms with van der Waals surface area (Å²) >= 11 is 3.16. The van der Waals surface area contributed by atoms with E-state index < -0.39 is 0 Å². The van der Waals surface area contributed by atoms with Crippen molar-refractivity contribution in [1.82, 2.24) is 25.5 Å². The number of tetrazole rings is 1. The van der Waals surface area contributed by atoms with Crippen molar-refractivity contribution in [2.45, 2.75) is 48.0 Å². The first-order valence-electron chi connectivity index (χ1n) is 8.05. The molecule has 1 unspecified atom stereocenters. The third-order valence-corrected chi connectivity index (χ3v) is 5.76. The minimum absolute atomic E-state index is 0.0230. The van der Waals surface area contributed by atoms with Crippen LogP contribution in [0.15, 0.2) is 34.3 Å². The van der Waals surface area contributed by atoms with Gasteiger partial charge in [-0.25, -0.2) is 4.68 Å². The van der Waals surface area contributed by atoms with Crippen molar-refractivity contribution in [3.63, 3.8) is 0 Å². The van der Waals surface area contributed by atoms with Crippen LogP contribution in [0.25, 0.3) is 0 Å². The monoisotopic (exact) mass is 363 g/mol. The summed E-state index contributed by atoms with van der Waals surface area (Å²) in [7, 11) is 0. The van der Waals surface area contributed by atoms with Gasteiger partial charge >= 0.3 is 0 Å². The maximum atomic E-state index is 12.2. The lowest BCUT2D eigenvalue weighted by Gasteiger charge is -2.11. The summed E-state index contributed by atoms with van der Waals surface area (Å²) in [5.41, 5.74) is 1.26. The fourth-order valence-corrected chi connectivity index (χ4v) is 3.80. The summed E-state index contributed by atoms with van der Waals surface area (Å²) in [5.74, 6) is 0.876. The number of benzene rings is 1. The third kappa shape index (κ3) is 4.73. The second-order valence-corrected chi connectivity index (χ2v) is 8.33. The second kappa shape index (κ2) is 8.02. The van der Waals surface area contributed by atoms with Crippen molar-refractivity contribution >= 4 is 29.4 Å². The largest absolute Gasteiger partial charge is 0.354 e. The van der Waals surface area contributed by atoms with Crippen molar-refractivity contribution < 1.29 is 4.79 Å². The zero-order chi connectivity index (χ0) is 16.9. The molecule has 0 aliphatic heterocycles. The van der Waals surface area contributed by atoms with Gasteiger partial charge in [-0.3, -0.25) is 4.79 Å². The highest BCUT2D eigenvalue weighted by molar-refractivity contribution is 8.00. The third-order valence-electron chi connectivity index (χ3n) is 3.70. The SMILES string of the molecule is Cc1ccc(SCCNC(=O)C(C)Sc2nnnn2C2CC2)cc1. The predicted molar refractivity (Wildman–Crippen MR) is 96.3 cm³/mol. The maximum Gasteiger partial charge on any atom is 0.233 e. The molecule has 1 aromatic heterocycles. The molecule has 1 heterocycles. The van der Waals surface area contributed by atoms with E-state index in [-0.39, 0.29) is 11.2 Å². The molecule has 8 heteroatoms. The normalized spacial score (nSPS) is 15.2.